The SMILES string of the molecule is COC(=O)C1=C(C)N=c2s/c(=C\c3ccc4c(c3)OCO4)c(=O)n2C1c1cccc([N+](=O)[O-])c1. The number of non-ortho nitro benzene ring substituents is 1. The number of hydrogen-bond donors (Lipinski definition) is 0. The van der Waals surface area contributed by atoms with Crippen molar-refractivity contribution in [2.75, 3.05) is 13.9 Å². The molecule has 2 aliphatic rings. The fourth-order valence-electron chi connectivity index (χ4n) is 3.97. The largest absolute Gasteiger partial charge is 0.466 e. The van der Waals surface area contributed by atoms with Crippen molar-refractivity contribution < 1.29 is 23.9 Å². The van der Waals surface area contributed by atoms with E-state index in [0.717, 1.165) is 16.9 Å². The molecule has 0 bridgehead atoms. The number of carbonyl (C=O) groups excluding carboxylic acids is 1. The molecule has 1 atom stereocenters. The summed E-state index contributed by atoms with van der Waals surface area (Å²) in [6.45, 7) is 1.78. The van der Waals surface area contributed by atoms with Crippen molar-refractivity contribution in [1.29, 1.82) is 0 Å². The quantitative estimate of drug-likeness (QED) is 0.319. The maximum Gasteiger partial charge on any atom is 0.338 e. The first-order valence-electron chi connectivity index (χ1n) is 10.1. The van der Waals surface area contributed by atoms with Crippen molar-refractivity contribution in [2.24, 2.45) is 4.99 Å². The van der Waals surface area contributed by atoms with Crippen molar-refractivity contribution in [3.8, 4) is 11.5 Å². The highest BCUT2D eigenvalue weighted by Gasteiger charge is 2.33. The zero-order valence-corrected chi connectivity index (χ0v) is 18.8. The zero-order chi connectivity index (χ0) is 24.0. The van der Waals surface area contributed by atoms with Crippen LogP contribution in [0.4, 0.5) is 5.69 Å². The van der Waals surface area contributed by atoms with E-state index < -0.39 is 16.9 Å². The maximum absolute atomic E-state index is 13.5. The number of nitro groups is 1. The van der Waals surface area contributed by atoms with Gasteiger partial charge in [-0.2, -0.15) is 0 Å². The molecule has 172 valence electrons. The van der Waals surface area contributed by atoms with Gasteiger partial charge in [-0.15, -0.1) is 0 Å². The Bertz CT molecular complexity index is 1570. The highest BCUT2D eigenvalue weighted by atomic mass is 32.1. The average Bonchev–Trinajstić information content (AvgIpc) is 3.41. The van der Waals surface area contributed by atoms with E-state index >= 15 is 0 Å². The van der Waals surface area contributed by atoms with E-state index in [1.54, 1.807) is 37.3 Å². The summed E-state index contributed by atoms with van der Waals surface area (Å²) in [5.74, 6) is 0.547. The number of nitro benzene ring substituents is 1. The molecule has 0 saturated carbocycles. The van der Waals surface area contributed by atoms with Crippen LogP contribution in [-0.4, -0.2) is 29.4 Å². The van der Waals surface area contributed by atoms with Crippen molar-refractivity contribution in [3.05, 3.63) is 94.7 Å². The van der Waals surface area contributed by atoms with E-state index in [9.17, 15) is 19.7 Å². The monoisotopic (exact) mass is 479 g/mol. The number of allylic oxidation sites excluding steroid dienone is 1. The fourth-order valence-corrected chi connectivity index (χ4v) is 5.02. The Hall–Kier alpha value is -4.25. The number of rotatable bonds is 4. The summed E-state index contributed by atoms with van der Waals surface area (Å²) in [6, 6.07) is 10.2. The van der Waals surface area contributed by atoms with Crippen molar-refractivity contribution in [1.82, 2.24) is 4.57 Å². The summed E-state index contributed by atoms with van der Waals surface area (Å²) >= 11 is 1.16. The normalized spacial score (nSPS) is 16.8. The first-order valence-corrected chi connectivity index (χ1v) is 10.9. The lowest BCUT2D eigenvalue weighted by Crippen LogP contribution is -2.39. The molecule has 0 aliphatic carbocycles. The highest BCUT2D eigenvalue weighted by molar-refractivity contribution is 7.07. The Morgan fingerprint density at radius 3 is 2.82 bits per heavy atom. The summed E-state index contributed by atoms with van der Waals surface area (Å²) < 4.78 is 17.4. The molecule has 0 radical (unpaired) electrons. The Balaban J connectivity index is 1.72. The first kappa shape index (κ1) is 21.6. The second-order valence-corrected chi connectivity index (χ2v) is 8.55. The highest BCUT2D eigenvalue weighted by Crippen LogP contribution is 2.33. The van der Waals surface area contributed by atoms with E-state index in [-0.39, 0.29) is 23.6 Å². The Kier molecular flexibility index (Phi) is 5.25. The number of hydrogen-bond acceptors (Lipinski definition) is 9. The van der Waals surface area contributed by atoms with Gasteiger partial charge >= 0.3 is 5.97 Å². The molecule has 1 aromatic heterocycles. The number of thiazole rings is 1. The van der Waals surface area contributed by atoms with Gasteiger partial charge in [0.15, 0.2) is 16.3 Å². The minimum absolute atomic E-state index is 0.139. The molecule has 0 saturated heterocycles. The number of benzene rings is 2. The summed E-state index contributed by atoms with van der Waals surface area (Å²) in [5.41, 5.74) is 1.11. The number of fused-ring (bicyclic) bond motifs is 2. The molecule has 3 heterocycles. The predicted molar refractivity (Wildman–Crippen MR) is 121 cm³/mol. The molecule has 10 nitrogen and oxygen atoms in total. The van der Waals surface area contributed by atoms with Gasteiger partial charge in [-0.05, 0) is 36.3 Å². The topological polar surface area (TPSA) is 122 Å². The number of methoxy groups -OCH3 is 1. The van der Waals surface area contributed by atoms with Gasteiger partial charge in [0.1, 0.15) is 0 Å². The molecule has 0 spiro atoms. The lowest BCUT2D eigenvalue weighted by molar-refractivity contribution is -0.384. The third kappa shape index (κ3) is 3.55. The molecule has 0 amide bonds. The summed E-state index contributed by atoms with van der Waals surface area (Å²) in [7, 11) is 1.23. The van der Waals surface area contributed by atoms with Crippen LogP contribution in [0.25, 0.3) is 6.08 Å². The number of ether oxygens (including phenoxy) is 3. The fraction of sp³-hybridized carbons (Fsp3) is 0.174. The van der Waals surface area contributed by atoms with E-state index in [0.29, 0.717) is 32.1 Å². The summed E-state index contributed by atoms with van der Waals surface area (Å²) in [4.78, 5) is 41.9. The third-order valence-electron chi connectivity index (χ3n) is 5.52. The Labute approximate surface area is 195 Å². The number of aromatic nitrogens is 1. The molecular weight excluding hydrogens is 462 g/mol. The van der Waals surface area contributed by atoms with Gasteiger partial charge in [-0.1, -0.05) is 29.5 Å². The minimum atomic E-state index is -0.928. The molecule has 1 unspecified atom stereocenters. The number of nitrogens with zero attached hydrogens (tertiary/aromatic N) is 3. The van der Waals surface area contributed by atoms with Crippen molar-refractivity contribution in [3.63, 3.8) is 0 Å². The molecule has 5 rings (SSSR count). The van der Waals surface area contributed by atoms with Gasteiger partial charge in [0.2, 0.25) is 6.79 Å². The smallest absolute Gasteiger partial charge is 0.338 e. The van der Waals surface area contributed by atoms with E-state index in [2.05, 4.69) is 4.99 Å². The molecule has 0 N–H and O–H groups in total. The molecule has 2 aliphatic heterocycles. The Morgan fingerprint density at radius 2 is 2.06 bits per heavy atom. The first-order chi connectivity index (χ1) is 16.4. The van der Waals surface area contributed by atoms with Crippen LogP contribution in [0.2, 0.25) is 0 Å². The van der Waals surface area contributed by atoms with Crippen molar-refractivity contribution in [2.45, 2.75) is 13.0 Å². The predicted octanol–water partition coefficient (Wildman–Crippen LogP) is 2.05. The molecule has 2 aromatic carbocycles. The van der Waals surface area contributed by atoms with Gasteiger partial charge in [-0.25, -0.2) is 9.79 Å². The second kappa shape index (κ2) is 8.27. The van der Waals surface area contributed by atoms with E-state index in [4.69, 9.17) is 14.2 Å². The van der Waals surface area contributed by atoms with Gasteiger partial charge in [0, 0.05) is 12.1 Å². The lowest BCUT2D eigenvalue weighted by atomic mass is 9.95. The van der Waals surface area contributed by atoms with Gasteiger partial charge in [0.05, 0.1) is 33.9 Å². The van der Waals surface area contributed by atoms with E-state index in [1.165, 1.54) is 29.9 Å². The van der Waals surface area contributed by atoms with Crippen LogP contribution in [-0.2, 0) is 9.53 Å². The Morgan fingerprint density at radius 1 is 1.26 bits per heavy atom. The van der Waals surface area contributed by atoms with E-state index in [1.807, 2.05) is 0 Å². The second-order valence-electron chi connectivity index (χ2n) is 7.54. The van der Waals surface area contributed by atoms with Gasteiger partial charge in [-0.3, -0.25) is 19.5 Å². The molecular formula is C23H17N3O7S. The molecule has 3 aromatic rings. The van der Waals surface area contributed by atoms with Crippen LogP contribution < -0.4 is 24.4 Å². The van der Waals surface area contributed by atoms with Crippen LogP contribution in [0.15, 0.2) is 63.5 Å². The lowest BCUT2D eigenvalue weighted by Gasteiger charge is -2.24. The van der Waals surface area contributed by atoms with Crippen LogP contribution in [0.1, 0.15) is 24.1 Å². The third-order valence-corrected chi connectivity index (χ3v) is 6.50. The van der Waals surface area contributed by atoms with Crippen LogP contribution in [0.3, 0.4) is 0 Å². The number of carbonyl (C=O) groups is 1. The number of esters is 1. The summed E-state index contributed by atoms with van der Waals surface area (Å²) in [5, 5.41) is 11.4. The average molecular weight is 479 g/mol. The molecule has 11 heteroatoms. The zero-order valence-electron chi connectivity index (χ0n) is 18.0. The van der Waals surface area contributed by atoms with Crippen LogP contribution in [0.5, 0.6) is 11.5 Å². The van der Waals surface area contributed by atoms with Crippen LogP contribution >= 0.6 is 11.3 Å². The maximum atomic E-state index is 13.5. The van der Waals surface area contributed by atoms with Crippen LogP contribution in [0, 0.1) is 10.1 Å². The standard InChI is InChI=1S/C23H17N3O7S/c1-12-19(22(28)31-2)20(14-4-3-5-15(10-14)26(29)30)25-21(27)18(34-23(25)24-12)9-13-6-7-16-17(8-13)33-11-32-16/h3-10,20H,11H2,1-2H3/b18-9-. The van der Waals surface area contributed by atoms with Gasteiger partial charge < -0.3 is 14.2 Å². The van der Waals surface area contributed by atoms with Crippen molar-refractivity contribution >= 4 is 29.1 Å². The van der Waals surface area contributed by atoms with Gasteiger partial charge in [0.25, 0.3) is 11.2 Å². The summed E-state index contributed by atoms with van der Waals surface area (Å²) in [6.07, 6.45) is 1.70. The molecule has 0 fully saturated rings. The molecule has 34 heavy (non-hydrogen) atoms. The minimum Gasteiger partial charge on any atom is -0.466 e.